The van der Waals surface area contributed by atoms with Gasteiger partial charge >= 0.3 is 11.9 Å². The molecule has 0 rings (SSSR count). The Hall–Kier alpha value is -1.57. The van der Waals surface area contributed by atoms with Gasteiger partial charge < -0.3 is 9.47 Å². The monoisotopic (exact) mass is 227 g/mol. The second-order valence-electron chi connectivity index (χ2n) is 3.23. The topological polar surface area (TPSA) is 76.4 Å². The number of carbonyl (C=O) groups is 2. The Morgan fingerprint density at radius 2 is 1.75 bits per heavy atom. The molecule has 5 nitrogen and oxygen atoms in total. The first kappa shape index (κ1) is 14.4. The van der Waals surface area contributed by atoms with Crippen molar-refractivity contribution >= 4 is 11.9 Å². The van der Waals surface area contributed by atoms with Gasteiger partial charge in [-0.3, -0.25) is 9.59 Å². The van der Waals surface area contributed by atoms with Crippen LogP contribution in [-0.4, -0.2) is 25.2 Å². The normalized spacial score (nSPS) is 9.25. The molecule has 0 unspecified atom stereocenters. The molecular weight excluding hydrogens is 210 g/mol. The molecule has 16 heavy (non-hydrogen) atoms. The van der Waals surface area contributed by atoms with E-state index >= 15 is 0 Å². The van der Waals surface area contributed by atoms with Crippen LogP contribution in [-0.2, 0) is 19.1 Å². The Morgan fingerprint density at radius 3 is 2.31 bits per heavy atom. The minimum atomic E-state index is -0.643. The van der Waals surface area contributed by atoms with Crippen LogP contribution >= 0.6 is 0 Å². The number of ether oxygens (including phenoxy) is 2. The summed E-state index contributed by atoms with van der Waals surface area (Å²) in [5.74, 6) is -1.21. The molecule has 0 heterocycles. The van der Waals surface area contributed by atoms with Gasteiger partial charge in [0.05, 0.1) is 19.1 Å². The van der Waals surface area contributed by atoms with E-state index in [1.165, 1.54) is 0 Å². The van der Waals surface area contributed by atoms with E-state index < -0.39 is 11.9 Å². The predicted octanol–water partition coefficient (Wildman–Crippen LogP) is 1.57. The van der Waals surface area contributed by atoms with Crippen molar-refractivity contribution in [2.75, 3.05) is 13.2 Å². The number of nitriles is 1. The molecule has 0 amide bonds. The van der Waals surface area contributed by atoms with Crippen LogP contribution in [0.5, 0.6) is 0 Å². The molecular formula is C11H17NO4. The second kappa shape index (κ2) is 9.97. The van der Waals surface area contributed by atoms with Gasteiger partial charge in [0.25, 0.3) is 0 Å². The molecule has 0 spiro atoms. The fourth-order valence-electron chi connectivity index (χ4n) is 0.968. The van der Waals surface area contributed by atoms with Crippen molar-refractivity contribution in [3.05, 3.63) is 0 Å². The number of esters is 2. The van der Waals surface area contributed by atoms with E-state index in [0.29, 0.717) is 6.61 Å². The summed E-state index contributed by atoms with van der Waals surface area (Å²) >= 11 is 0. The molecule has 0 aromatic carbocycles. The van der Waals surface area contributed by atoms with Gasteiger partial charge in [0.15, 0.2) is 0 Å². The molecule has 0 aromatic rings. The molecule has 0 N–H and O–H groups in total. The van der Waals surface area contributed by atoms with E-state index in [1.807, 2.05) is 13.0 Å². The zero-order valence-corrected chi connectivity index (χ0v) is 9.53. The average Bonchev–Trinajstić information content (AvgIpc) is 2.25. The summed E-state index contributed by atoms with van der Waals surface area (Å²) < 4.78 is 9.43. The third kappa shape index (κ3) is 9.00. The SMILES string of the molecule is CCCCCOC(=O)CC(=O)OCCC#N. The number of rotatable bonds is 8. The Balaban J connectivity index is 3.47. The molecule has 90 valence electrons. The summed E-state index contributed by atoms with van der Waals surface area (Å²) in [6, 6.07) is 1.83. The van der Waals surface area contributed by atoms with Gasteiger partial charge in [-0.05, 0) is 6.42 Å². The van der Waals surface area contributed by atoms with Gasteiger partial charge in [0.2, 0.25) is 0 Å². The molecule has 0 aromatic heterocycles. The Kier molecular flexibility index (Phi) is 8.99. The van der Waals surface area contributed by atoms with Crippen molar-refractivity contribution in [3.8, 4) is 6.07 Å². The smallest absolute Gasteiger partial charge is 0.317 e. The summed E-state index contributed by atoms with van der Waals surface area (Å²) in [5, 5.41) is 8.19. The standard InChI is InChI=1S/C11H17NO4/c1-2-3-4-7-15-10(13)9-11(14)16-8-5-6-12/h2-5,7-9H2,1H3. The van der Waals surface area contributed by atoms with Crippen molar-refractivity contribution in [3.63, 3.8) is 0 Å². The first-order valence-electron chi connectivity index (χ1n) is 5.39. The van der Waals surface area contributed by atoms with Crippen LogP contribution < -0.4 is 0 Å². The highest BCUT2D eigenvalue weighted by Crippen LogP contribution is 1.97. The average molecular weight is 227 g/mol. The number of nitrogens with zero attached hydrogens (tertiary/aromatic N) is 1. The highest BCUT2D eigenvalue weighted by Gasteiger charge is 2.11. The number of unbranched alkanes of at least 4 members (excludes halogenated alkanes) is 2. The van der Waals surface area contributed by atoms with Gasteiger partial charge in [0, 0.05) is 0 Å². The maximum absolute atomic E-state index is 11.1. The minimum Gasteiger partial charge on any atom is -0.465 e. The van der Waals surface area contributed by atoms with Crippen LogP contribution in [0.2, 0.25) is 0 Å². The molecule has 0 aliphatic rings. The third-order valence-corrected chi connectivity index (χ3v) is 1.78. The Bertz CT molecular complexity index is 257. The van der Waals surface area contributed by atoms with E-state index in [0.717, 1.165) is 19.3 Å². The zero-order valence-electron chi connectivity index (χ0n) is 9.53. The van der Waals surface area contributed by atoms with Crippen LogP contribution in [0.15, 0.2) is 0 Å². The van der Waals surface area contributed by atoms with Crippen LogP contribution in [0.3, 0.4) is 0 Å². The maximum atomic E-state index is 11.1. The van der Waals surface area contributed by atoms with Gasteiger partial charge in [-0.2, -0.15) is 5.26 Å². The lowest BCUT2D eigenvalue weighted by molar-refractivity contribution is -0.154. The first-order chi connectivity index (χ1) is 7.70. The molecule has 0 aliphatic carbocycles. The molecule has 0 atom stereocenters. The molecule has 0 radical (unpaired) electrons. The van der Waals surface area contributed by atoms with Crippen molar-refractivity contribution in [2.45, 2.75) is 39.0 Å². The van der Waals surface area contributed by atoms with Gasteiger partial charge in [-0.1, -0.05) is 19.8 Å². The lowest BCUT2D eigenvalue weighted by Gasteiger charge is -2.04. The van der Waals surface area contributed by atoms with E-state index in [2.05, 4.69) is 4.74 Å². The van der Waals surface area contributed by atoms with Crippen molar-refractivity contribution in [1.82, 2.24) is 0 Å². The maximum Gasteiger partial charge on any atom is 0.317 e. The molecule has 0 bridgehead atoms. The van der Waals surface area contributed by atoms with Gasteiger partial charge in [-0.15, -0.1) is 0 Å². The van der Waals surface area contributed by atoms with Crippen molar-refractivity contribution in [2.24, 2.45) is 0 Å². The van der Waals surface area contributed by atoms with E-state index in [4.69, 9.17) is 10.00 Å². The summed E-state index contributed by atoms with van der Waals surface area (Å²) in [4.78, 5) is 22.0. The minimum absolute atomic E-state index is 0.0262. The quantitative estimate of drug-likeness (QED) is 0.357. The van der Waals surface area contributed by atoms with Crippen LogP contribution in [0.4, 0.5) is 0 Å². The molecule has 0 fully saturated rings. The van der Waals surface area contributed by atoms with Crippen LogP contribution in [0, 0.1) is 11.3 Å². The highest BCUT2D eigenvalue weighted by atomic mass is 16.6. The lowest BCUT2D eigenvalue weighted by Crippen LogP contribution is -2.14. The summed E-state index contributed by atoms with van der Waals surface area (Å²) in [5.41, 5.74) is 0. The van der Waals surface area contributed by atoms with Gasteiger partial charge in [0.1, 0.15) is 13.0 Å². The summed E-state index contributed by atoms with van der Waals surface area (Å²) in [6.07, 6.45) is 2.62. The molecule has 0 saturated carbocycles. The summed E-state index contributed by atoms with van der Waals surface area (Å²) in [6.45, 7) is 2.42. The number of hydrogen-bond donors (Lipinski definition) is 0. The predicted molar refractivity (Wildman–Crippen MR) is 56.3 cm³/mol. The van der Waals surface area contributed by atoms with Crippen molar-refractivity contribution in [1.29, 1.82) is 5.26 Å². The molecule has 0 saturated heterocycles. The Morgan fingerprint density at radius 1 is 1.12 bits per heavy atom. The number of hydrogen-bond acceptors (Lipinski definition) is 5. The van der Waals surface area contributed by atoms with Gasteiger partial charge in [-0.25, -0.2) is 0 Å². The first-order valence-corrected chi connectivity index (χ1v) is 5.39. The Labute approximate surface area is 95.3 Å². The fraction of sp³-hybridized carbons (Fsp3) is 0.727. The number of carbonyl (C=O) groups excluding carboxylic acids is 2. The third-order valence-electron chi connectivity index (χ3n) is 1.78. The molecule has 5 heteroatoms. The highest BCUT2D eigenvalue weighted by molar-refractivity contribution is 5.91. The second-order valence-corrected chi connectivity index (χ2v) is 3.23. The van der Waals surface area contributed by atoms with Crippen molar-refractivity contribution < 1.29 is 19.1 Å². The summed E-state index contributed by atoms with van der Waals surface area (Å²) in [7, 11) is 0. The van der Waals surface area contributed by atoms with Crippen LogP contribution in [0.1, 0.15) is 39.0 Å². The molecule has 0 aliphatic heterocycles. The van der Waals surface area contributed by atoms with E-state index in [-0.39, 0.29) is 19.4 Å². The zero-order chi connectivity index (χ0) is 12.2. The van der Waals surface area contributed by atoms with E-state index in [9.17, 15) is 9.59 Å². The van der Waals surface area contributed by atoms with E-state index in [1.54, 1.807) is 0 Å². The van der Waals surface area contributed by atoms with Crippen LogP contribution in [0.25, 0.3) is 0 Å². The largest absolute Gasteiger partial charge is 0.465 e. The fourth-order valence-corrected chi connectivity index (χ4v) is 0.968. The lowest BCUT2D eigenvalue weighted by atomic mass is 10.3.